The summed E-state index contributed by atoms with van der Waals surface area (Å²) >= 11 is 0. The van der Waals surface area contributed by atoms with Crippen LogP contribution in [0.2, 0.25) is 0 Å². The average molecular weight is 727 g/mol. The van der Waals surface area contributed by atoms with Gasteiger partial charge in [0, 0.05) is 26.6 Å². The number of rotatable bonds is 24. The minimum atomic E-state index is -0.743. The normalized spacial score (nSPS) is 19.1. The fraction of sp³-hybridized carbons (Fsp3) is 0.659. The number of carbonyl (C=O) groups excluding carboxylic acids is 2. The lowest BCUT2D eigenvalue weighted by Crippen LogP contribution is -2.30. The molecule has 0 radical (unpaired) electrons. The summed E-state index contributed by atoms with van der Waals surface area (Å²) in [6, 6.07) is 15.1. The molecular formula is C41H62N2O9. The van der Waals surface area contributed by atoms with Crippen LogP contribution in [0.3, 0.4) is 0 Å². The number of ether oxygens (including phenoxy) is 5. The van der Waals surface area contributed by atoms with E-state index in [-0.39, 0.29) is 18.4 Å². The van der Waals surface area contributed by atoms with E-state index in [0.717, 1.165) is 49.2 Å². The minimum absolute atomic E-state index is 0.0251. The highest BCUT2D eigenvalue weighted by Crippen LogP contribution is 2.32. The van der Waals surface area contributed by atoms with Gasteiger partial charge < -0.3 is 44.5 Å². The van der Waals surface area contributed by atoms with Crippen LogP contribution in [0.4, 0.5) is 0 Å². The Labute approximate surface area is 310 Å². The number of aliphatic hydroxyl groups is 2. The molecule has 2 fully saturated rings. The molecule has 0 saturated heterocycles. The molecule has 4 unspecified atom stereocenters. The zero-order valence-corrected chi connectivity index (χ0v) is 31.1. The first-order valence-corrected chi connectivity index (χ1v) is 19.4. The number of hydrogen-bond donors (Lipinski definition) is 4. The molecule has 11 heteroatoms. The van der Waals surface area contributed by atoms with Crippen LogP contribution in [0, 0.1) is 17.8 Å². The first kappa shape index (κ1) is 41.5. The molecule has 0 aliphatic heterocycles. The Morgan fingerprint density at radius 2 is 1.25 bits per heavy atom. The molecule has 0 spiro atoms. The summed E-state index contributed by atoms with van der Waals surface area (Å²) in [4.78, 5) is 24.8. The molecule has 4 N–H and O–H groups in total. The number of benzene rings is 2. The summed E-state index contributed by atoms with van der Waals surface area (Å²) in [5.74, 6) is 2.55. The minimum Gasteiger partial charge on any atom is -0.493 e. The van der Waals surface area contributed by atoms with Crippen LogP contribution >= 0.6 is 0 Å². The highest BCUT2D eigenvalue weighted by Gasteiger charge is 2.25. The molecule has 4 rings (SSSR count). The maximum Gasteiger partial charge on any atom is 0.246 e. The van der Waals surface area contributed by atoms with Gasteiger partial charge in [0.25, 0.3) is 0 Å². The molecule has 4 atom stereocenters. The van der Waals surface area contributed by atoms with Crippen molar-refractivity contribution in [3.8, 4) is 11.5 Å². The van der Waals surface area contributed by atoms with E-state index in [4.69, 9.17) is 23.7 Å². The smallest absolute Gasteiger partial charge is 0.246 e. The van der Waals surface area contributed by atoms with Crippen molar-refractivity contribution in [3.63, 3.8) is 0 Å². The average Bonchev–Trinajstić information content (AvgIpc) is 3.16. The monoisotopic (exact) mass is 726 g/mol. The second-order valence-electron chi connectivity index (χ2n) is 14.3. The Morgan fingerprint density at radius 1 is 0.692 bits per heavy atom. The molecule has 2 aliphatic rings. The van der Waals surface area contributed by atoms with Gasteiger partial charge in [-0.25, -0.2) is 0 Å². The number of methoxy groups -OCH3 is 1. The lowest BCUT2D eigenvalue weighted by molar-refractivity contribution is -0.126. The Morgan fingerprint density at radius 3 is 1.90 bits per heavy atom. The molecule has 2 amide bonds. The van der Waals surface area contributed by atoms with Crippen molar-refractivity contribution in [1.82, 2.24) is 10.6 Å². The molecule has 0 heterocycles. The van der Waals surface area contributed by atoms with Crippen LogP contribution in [0.1, 0.15) is 100 Å². The summed E-state index contributed by atoms with van der Waals surface area (Å²) in [7, 11) is 1.61. The van der Waals surface area contributed by atoms with Crippen LogP contribution in [-0.2, 0) is 23.8 Å². The van der Waals surface area contributed by atoms with Gasteiger partial charge in [-0.2, -0.15) is 0 Å². The van der Waals surface area contributed by atoms with Gasteiger partial charge in [0.15, 0.2) is 0 Å². The van der Waals surface area contributed by atoms with Gasteiger partial charge in [0.2, 0.25) is 11.8 Å². The number of nitrogens with one attached hydrogen (secondary N) is 2. The van der Waals surface area contributed by atoms with Gasteiger partial charge in [-0.3, -0.25) is 9.59 Å². The molecule has 0 bridgehead atoms. The van der Waals surface area contributed by atoms with Crippen molar-refractivity contribution < 1.29 is 43.5 Å². The molecule has 2 aromatic rings. The largest absolute Gasteiger partial charge is 0.493 e. The van der Waals surface area contributed by atoms with Gasteiger partial charge in [-0.15, -0.1) is 0 Å². The van der Waals surface area contributed by atoms with Crippen molar-refractivity contribution in [3.05, 3.63) is 59.7 Å². The molecular weight excluding hydrogens is 664 g/mol. The van der Waals surface area contributed by atoms with Crippen molar-refractivity contribution in [1.29, 1.82) is 0 Å². The van der Waals surface area contributed by atoms with Gasteiger partial charge in [-0.05, 0) is 98.1 Å². The van der Waals surface area contributed by atoms with E-state index in [9.17, 15) is 19.8 Å². The summed E-state index contributed by atoms with van der Waals surface area (Å²) < 4.78 is 27.7. The van der Waals surface area contributed by atoms with Crippen molar-refractivity contribution in [2.75, 3.05) is 66.4 Å². The zero-order valence-electron chi connectivity index (χ0n) is 31.1. The number of amides is 2. The van der Waals surface area contributed by atoms with Gasteiger partial charge >= 0.3 is 0 Å². The van der Waals surface area contributed by atoms with Crippen LogP contribution < -0.4 is 20.1 Å². The zero-order chi connectivity index (χ0) is 36.8. The summed E-state index contributed by atoms with van der Waals surface area (Å²) in [5.41, 5.74) is 1.54. The third kappa shape index (κ3) is 16.2. The molecule has 52 heavy (non-hydrogen) atoms. The maximum absolute atomic E-state index is 12.8. The summed E-state index contributed by atoms with van der Waals surface area (Å²) in [5, 5.41) is 27.3. The van der Waals surface area contributed by atoms with E-state index in [2.05, 4.69) is 10.6 Å². The van der Waals surface area contributed by atoms with Crippen molar-refractivity contribution in [2.24, 2.45) is 17.8 Å². The highest BCUT2D eigenvalue weighted by molar-refractivity contribution is 5.77. The van der Waals surface area contributed by atoms with E-state index in [1.165, 1.54) is 32.1 Å². The number of carbonyl (C=O) groups is 2. The predicted molar refractivity (Wildman–Crippen MR) is 199 cm³/mol. The first-order valence-electron chi connectivity index (χ1n) is 19.4. The standard InChI is InChI=1S/C41H62N2O9/c1-48-20-21-49-22-23-50-30-41(47)43-19-17-39(45)35-13-7-15-37(27-35)52-29-33-11-5-10-32(24-33)25-40(46)42-18-16-38(44)34-12-6-14-36(26-34)51-28-31-8-3-2-4-9-31/h6-7,12-15,26-27,31-33,38-39,44-45H,2-5,8-11,16-25,28-30H2,1H3,(H,42,46)(H,43,47). The second kappa shape index (κ2) is 24.2. The van der Waals surface area contributed by atoms with E-state index in [1.54, 1.807) is 7.11 Å². The SMILES string of the molecule is COCCOCCOCC(=O)NCCC(O)c1cccc(OCC2CCCC(CC(=O)NCCC(O)c3cccc(OCC4CCCCC4)c3)C2)c1. The van der Waals surface area contributed by atoms with E-state index >= 15 is 0 Å². The Kier molecular flexibility index (Phi) is 19.3. The predicted octanol–water partition coefficient (Wildman–Crippen LogP) is 5.68. The van der Waals surface area contributed by atoms with Crippen LogP contribution in [0.15, 0.2) is 48.5 Å². The second-order valence-corrected chi connectivity index (χ2v) is 14.3. The molecule has 2 aromatic carbocycles. The van der Waals surface area contributed by atoms with E-state index in [1.807, 2.05) is 48.5 Å². The highest BCUT2D eigenvalue weighted by atomic mass is 16.5. The first-order chi connectivity index (χ1) is 25.4. The van der Waals surface area contributed by atoms with Crippen molar-refractivity contribution in [2.45, 2.75) is 89.3 Å². The van der Waals surface area contributed by atoms with E-state index < -0.39 is 12.2 Å². The summed E-state index contributed by atoms with van der Waals surface area (Å²) in [6.45, 7) is 3.69. The quantitative estimate of drug-likeness (QED) is 0.101. The lowest BCUT2D eigenvalue weighted by atomic mass is 9.80. The third-order valence-corrected chi connectivity index (χ3v) is 10.1. The van der Waals surface area contributed by atoms with Gasteiger partial charge in [0.1, 0.15) is 18.1 Å². The van der Waals surface area contributed by atoms with Crippen molar-refractivity contribution >= 4 is 11.8 Å². The Hall–Kier alpha value is -3.22. The number of hydrogen-bond acceptors (Lipinski definition) is 9. The molecule has 2 saturated carbocycles. The van der Waals surface area contributed by atoms with Gasteiger partial charge in [0.05, 0.1) is 51.8 Å². The molecule has 2 aliphatic carbocycles. The van der Waals surface area contributed by atoms with Crippen LogP contribution in [-0.4, -0.2) is 88.5 Å². The fourth-order valence-electron chi connectivity index (χ4n) is 7.09. The Bertz CT molecular complexity index is 1300. The van der Waals surface area contributed by atoms with Crippen LogP contribution in [0.5, 0.6) is 11.5 Å². The van der Waals surface area contributed by atoms with E-state index in [0.29, 0.717) is 88.9 Å². The van der Waals surface area contributed by atoms with Crippen LogP contribution in [0.25, 0.3) is 0 Å². The molecule has 290 valence electrons. The van der Waals surface area contributed by atoms with Gasteiger partial charge in [-0.1, -0.05) is 49.9 Å². The lowest BCUT2D eigenvalue weighted by Gasteiger charge is -2.29. The topological polar surface area (TPSA) is 145 Å². The third-order valence-electron chi connectivity index (χ3n) is 10.1. The number of aliphatic hydroxyl groups excluding tert-OH is 2. The Balaban J connectivity index is 1.08. The fourth-order valence-corrected chi connectivity index (χ4v) is 7.09. The maximum atomic E-state index is 12.8. The summed E-state index contributed by atoms with van der Waals surface area (Å²) in [6.07, 6.45) is 10.3. The molecule has 11 nitrogen and oxygen atoms in total. The molecule has 0 aromatic heterocycles.